The van der Waals surface area contributed by atoms with Gasteiger partial charge in [0.15, 0.2) is 6.61 Å². The molecule has 0 atom stereocenters. The second-order valence-electron chi connectivity index (χ2n) is 5.51. The van der Waals surface area contributed by atoms with Crippen molar-refractivity contribution in [3.63, 3.8) is 0 Å². The minimum atomic E-state index is -3.42. The fourth-order valence-corrected chi connectivity index (χ4v) is 3.00. The minimum absolute atomic E-state index is 0.141. The van der Waals surface area contributed by atoms with Crippen LogP contribution in [0, 0.1) is 0 Å². The highest BCUT2D eigenvalue weighted by Gasteiger charge is 2.17. The third-order valence-corrected chi connectivity index (χ3v) is 4.90. The van der Waals surface area contributed by atoms with Crippen LogP contribution in [-0.2, 0) is 21.4 Å². The van der Waals surface area contributed by atoms with E-state index in [-0.39, 0.29) is 32.1 Å². The topological polar surface area (TPSA) is 88.6 Å². The van der Waals surface area contributed by atoms with Crippen LogP contribution in [0.2, 0.25) is 5.02 Å². The molecular formula is C17H20ClN3O4S. The van der Waals surface area contributed by atoms with Gasteiger partial charge in [0, 0.05) is 24.3 Å². The molecule has 1 aromatic heterocycles. The molecule has 1 heterocycles. The van der Waals surface area contributed by atoms with E-state index in [0.717, 1.165) is 6.26 Å². The lowest BCUT2D eigenvalue weighted by Crippen LogP contribution is -2.39. The lowest BCUT2D eigenvalue weighted by Gasteiger charge is -2.19. The molecule has 0 fully saturated rings. The van der Waals surface area contributed by atoms with E-state index in [9.17, 15) is 13.2 Å². The Morgan fingerprint density at radius 3 is 2.58 bits per heavy atom. The normalized spacial score (nSPS) is 11.3. The zero-order chi connectivity index (χ0) is 19.0. The molecule has 1 amide bonds. The summed E-state index contributed by atoms with van der Waals surface area (Å²) < 4.78 is 30.4. The van der Waals surface area contributed by atoms with E-state index in [4.69, 9.17) is 16.3 Å². The molecule has 0 radical (unpaired) electrons. The first-order valence-electron chi connectivity index (χ1n) is 7.85. The number of ether oxygens (including phenoxy) is 1. The van der Waals surface area contributed by atoms with E-state index < -0.39 is 10.0 Å². The van der Waals surface area contributed by atoms with Crippen molar-refractivity contribution in [3.05, 3.63) is 59.4 Å². The fourth-order valence-electron chi connectivity index (χ4n) is 2.09. The Bertz CT molecular complexity index is 814. The molecule has 0 bridgehead atoms. The minimum Gasteiger partial charge on any atom is -0.484 e. The lowest BCUT2D eigenvalue weighted by molar-refractivity contribution is -0.123. The Morgan fingerprint density at radius 2 is 1.96 bits per heavy atom. The van der Waals surface area contributed by atoms with Gasteiger partial charge in [0.25, 0.3) is 5.91 Å². The Morgan fingerprint density at radius 1 is 1.23 bits per heavy atom. The molecule has 1 N–H and O–H groups in total. The number of rotatable bonds is 9. The van der Waals surface area contributed by atoms with Crippen molar-refractivity contribution >= 4 is 27.5 Å². The maximum Gasteiger partial charge on any atom is 0.257 e. The molecule has 2 aromatic rings. The third-order valence-electron chi connectivity index (χ3n) is 3.40. The summed E-state index contributed by atoms with van der Waals surface area (Å²) in [4.78, 5) is 16.0. The van der Waals surface area contributed by atoms with Gasteiger partial charge in [-0.1, -0.05) is 17.7 Å². The van der Waals surface area contributed by atoms with E-state index in [1.807, 2.05) is 0 Å². The number of hydrogen-bond donors (Lipinski definition) is 1. The quantitative estimate of drug-likeness (QED) is 0.695. The van der Waals surface area contributed by atoms with Gasteiger partial charge < -0.3 is 10.1 Å². The maximum atomic E-state index is 11.9. The van der Waals surface area contributed by atoms with E-state index in [2.05, 4.69) is 10.3 Å². The maximum absolute atomic E-state index is 11.9. The number of hydrogen-bond acceptors (Lipinski definition) is 5. The zero-order valence-corrected chi connectivity index (χ0v) is 15.8. The van der Waals surface area contributed by atoms with Gasteiger partial charge in [0.1, 0.15) is 5.75 Å². The number of pyridine rings is 1. The van der Waals surface area contributed by atoms with E-state index in [1.165, 1.54) is 4.31 Å². The summed E-state index contributed by atoms with van der Waals surface area (Å²) in [6.07, 6.45) is 2.73. The Labute approximate surface area is 158 Å². The number of nitrogens with one attached hydrogen (secondary N) is 1. The van der Waals surface area contributed by atoms with Crippen LogP contribution in [0.15, 0.2) is 48.7 Å². The Hall–Kier alpha value is -2.16. The molecule has 140 valence electrons. The number of benzene rings is 1. The molecule has 7 nitrogen and oxygen atoms in total. The van der Waals surface area contributed by atoms with Crippen LogP contribution in [-0.4, -0.2) is 49.6 Å². The van der Waals surface area contributed by atoms with Gasteiger partial charge in [-0.3, -0.25) is 9.78 Å². The molecule has 0 unspecified atom stereocenters. The van der Waals surface area contributed by atoms with Crippen LogP contribution in [0.3, 0.4) is 0 Å². The Balaban J connectivity index is 1.79. The molecule has 1 aromatic carbocycles. The number of amides is 1. The van der Waals surface area contributed by atoms with Crippen molar-refractivity contribution in [2.75, 3.05) is 26.0 Å². The van der Waals surface area contributed by atoms with Crippen molar-refractivity contribution in [1.82, 2.24) is 14.6 Å². The molecule has 26 heavy (non-hydrogen) atoms. The molecule has 0 aliphatic carbocycles. The third kappa shape index (κ3) is 6.99. The van der Waals surface area contributed by atoms with Crippen LogP contribution in [0.25, 0.3) is 0 Å². The second-order valence-corrected chi connectivity index (χ2v) is 7.93. The summed E-state index contributed by atoms with van der Waals surface area (Å²) in [6, 6.07) is 11.9. The van der Waals surface area contributed by atoms with Crippen LogP contribution < -0.4 is 10.1 Å². The fraction of sp³-hybridized carbons (Fsp3) is 0.294. The molecule has 2 rings (SSSR count). The van der Waals surface area contributed by atoms with Gasteiger partial charge >= 0.3 is 0 Å². The van der Waals surface area contributed by atoms with Gasteiger partial charge in [-0.2, -0.15) is 4.31 Å². The van der Waals surface area contributed by atoms with Crippen LogP contribution in [0.5, 0.6) is 5.75 Å². The highest BCUT2D eigenvalue weighted by Crippen LogP contribution is 2.15. The van der Waals surface area contributed by atoms with Crippen molar-refractivity contribution in [3.8, 4) is 5.75 Å². The van der Waals surface area contributed by atoms with Crippen LogP contribution >= 0.6 is 11.6 Å². The predicted molar refractivity (Wildman–Crippen MR) is 99.4 cm³/mol. The highest BCUT2D eigenvalue weighted by molar-refractivity contribution is 7.88. The van der Waals surface area contributed by atoms with Crippen LogP contribution in [0.1, 0.15) is 5.69 Å². The van der Waals surface area contributed by atoms with Gasteiger partial charge in [-0.25, -0.2) is 8.42 Å². The van der Waals surface area contributed by atoms with Crippen molar-refractivity contribution in [2.45, 2.75) is 6.54 Å². The summed E-state index contributed by atoms with van der Waals surface area (Å²) in [5, 5.41) is 3.22. The molecule has 0 aliphatic rings. The Kier molecular flexibility index (Phi) is 7.38. The van der Waals surface area contributed by atoms with Crippen molar-refractivity contribution in [2.24, 2.45) is 0 Å². The number of halogens is 1. The summed E-state index contributed by atoms with van der Waals surface area (Å²) in [5.41, 5.74) is 0.635. The summed E-state index contributed by atoms with van der Waals surface area (Å²) in [5.74, 6) is 0.184. The first-order chi connectivity index (χ1) is 12.3. The second kappa shape index (κ2) is 9.51. The number of aromatic nitrogens is 1. The number of sulfonamides is 1. The molecular weight excluding hydrogens is 378 g/mol. The largest absolute Gasteiger partial charge is 0.484 e. The number of carbonyl (C=O) groups excluding carboxylic acids is 1. The van der Waals surface area contributed by atoms with Gasteiger partial charge in [0.05, 0.1) is 18.5 Å². The average molecular weight is 398 g/mol. The highest BCUT2D eigenvalue weighted by atomic mass is 35.5. The standard InChI is InChI=1S/C17H20ClN3O4S/c1-26(23,24)21(12-15-4-2-3-9-19-15)11-10-20-17(22)13-25-16-7-5-14(18)6-8-16/h2-9H,10-13H2,1H3,(H,20,22). The van der Waals surface area contributed by atoms with Crippen molar-refractivity contribution in [1.29, 1.82) is 0 Å². The molecule has 0 saturated carbocycles. The first-order valence-corrected chi connectivity index (χ1v) is 10.1. The summed E-state index contributed by atoms with van der Waals surface area (Å²) in [7, 11) is -3.42. The van der Waals surface area contributed by atoms with E-state index in [0.29, 0.717) is 16.5 Å². The smallest absolute Gasteiger partial charge is 0.257 e. The van der Waals surface area contributed by atoms with Gasteiger partial charge in [-0.05, 0) is 36.4 Å². The monoisotopic (exact) mass is 397 g/mol. The van der Waals surface area contributed by atoms with E-state index >= 15 is 0 Å². The van der Waals surface area contributed by atoms with Gasteiger partial charge in [-0.15, -0.1) is 0 Å². The molecule has 0 saturated heterocycles. The molecule has 0 aliphatic heterocycles. The lowest BCUT2D eigenvalue weighted by atomic mass is 10.3. The summed E-state index contributed by atoms with van der Waals surface area (Å²) in [6.45, 7) is 0.294. The predicted octanol–water partition coefficient (Wildman–Crippen LogP) is 1.69. The van der Waals surface area contributed by atoms with Crippen LogP contribution in [0.4, 0.5) is 0 Å². The first kappa shape index (κ1) is 20.2. The average Bonchev–Trinajstić information content (AvgIpc) is 2.60. The molecule has 0 spiro atoms. The van der Waals surface area contributed by atoms with Gasteiger partial charge in [0.2, 0.25) is 10.0 Å². The van der Waals surface area contributed by atoms with Crippen molar-refractivity contribution < 1.29 is 17.9 Å². The zero-order valence-electron chi connectivity index (χ0n) is 14.3. The molecule has 9 heteroatoms. The summed E-state index contributed by atoms with van der Waals surface area (Å²) >= 11 is 5.77. The number of nitrogens with zero attached hydrogens (tertiary/aromatic N) is 2. The SMILES string of the molecule is CS(=O)(=O)N(CCNC(=O)COc1ccc(Cl)cc1)Cc1ccccn1. The van der Waals surface area contributed by atoms with E-state index in [1.54, 1.807) is 48.7 Å². The number of carbonyl (C=O) groups is 1.